The molecule has 0 radical (unpaired) electrons. The summed E-state index contributed by atoms with van der Waals surface area (Å²) in [4.78, 5) is 15.6. The Balaban J connectivity index is 0.00000225. The van der Waals surface area contributed by atoms with Crippen molar-refractivity contribution in [1.82, 2.24) is 10.3 Å². The first kappa shape index (κ1) is 15.3. The fourth-order valence-electron chi connectivity index (χ4n) is 1.18. The highest BCUT2D eigenvalue weighted by molar-refractivity contribution is 7.09. The molecule has 6 heteroatoms. The Morgan fingerprint density at radius 3 is 2.88 bits per heavy atom. The SMILES string of the molecule is CCCCCNC(=O)c1csc(CN)n1.Cl. The monoisotopic (exact) mass is 263 g/mol. The molecule has 0 spiro atoms. The number of carbonyl (C=O) groups excluding carboxylic acids is 1. The maximum Gasteiger partial charge on any atom is 0.270 e. The van der Waals surface area contributed by atoms with Crippen molar-refractivity contribution >= 4 is 29.7 Å². The molecular formula is C10H18ClN3OS. The molecular weight excluding hydrogens is 246 g/mol. The van der Waals surface area contributed by atoms with Gasteiger partial charge in [-0.05, 0) is 6.42 Å². The zero-order chi connectivity index (χ0) is 11.1. The summed E-state index contributed by atoms with van der Waals surface area (Å²) < 4.78 is 0. The van der Waals surface area contributed by atoms with E-state index in [2.05, 4.69) is 17.2 Å². The largest absolute Gasteiger partial charge is 0.351 e. The highest BCUT2D eigenvalue weighted by atomic mass is 35.5. The molecule has 0 unspecified atom stereocenters. The van der Waals surface area contributed by atoms with E-state index in [1.165, 1.54) is 11.3 Å². The van der Waals surface area contributed by atoms with Gasteiger partial charge in [0.1, 0.15) is 10.7 Å². The molecule has 0 atom stereocenters. The predicted molar refractivity (Wildman–Crippen MR) is 69.1 cm³/mol. The summed E-state index contributed by atoms with van der Waals surface area (Å²) in [6.07, 6.45) is 3.32. The molecule has 1 aromatic rings. The molecule has 1 rings (SSSR count). The van der Waals surface area contributed by atoms with Gasteiger partial charge in [0.05, 0.1) is 0 Å². The van der Waals surface area contributed by atoms with Gasteiger partial charge >= 0.3 is 0 Å². The van der Waals surface area contributed by atoms with Crippen molar-refractivity contribution in [3.8, 4) is 0 Å². The summed E-state index contributed by atoms with van der Waals surface area (Å²) in [7, 11) is 0. The molecule has 92 valence electrons. The van der Waals surface area contributed by atoms with E-state index in [0.29, 0.717) is 12.2 Å². The van der Waals surface area contributed by atoms with Gasteiger partial charge in [0.25, 0.3) is 5.91 Å². The quantitative estimate of drug-likeness (QED) is 0.771. The number of nitrogens with one attached hydrogen (secondary N) is 1. The third-order valence-electron chi connectivity index (χ3n) is 2.02. The molecule has 0 fully saturated rings. The van der Waals surface area contributed by atoms with Crippen LogP contribution in [0.2, 0.25) is 0 Å². The van der Waals surface area contributed by atoms with Crippen molar-refractivity contribution in [1.29, 1.82) is 0 Å². The summed E-state index contributed by atoms with van der Waals surface area (Å²) in [6, 6.07) is 0. The van der Waals surface area contributed by atoms with E-state index < -0.39 is 0 Å². The third kappa shape index (κ3) is 4.92. The molecule has 1 heterocycles. The molecule has 0 saturated carbocycles. The Hall–Kier alpha value is -0.650. The van der Waals surface area contributed by atoms with E-state index in [-0.39, 0.29) is 18.3 Å². The molecule has 0 aliphatic rings. The number of amides is 1. The summed E-state index contributed by atoms with van der Waals surface area (Å²) in [5, 5.41) is 5.38. The Kier molecular flexibility index (Phi) is 8.15. The molecule has 0 bridgehead atoms. The van der Waals surface area contributed by atoms with Gasteiger partial charge < -0.3 is 11.1 Å². The minimum Gasteiger partial charge on any atom is -0.351 e. The zero-order valence-electron chi connectivity index (χ0n) is 9.36. The highest BCUT2D eigenvalue weighted by Crippen LogP contribution is 2.08. The second-order valence-corrected chi connectivity index (χ2v) is 4.24. The fourth-order valence-corrected chi connectivity index (χ4v) is 1.83. The molecule has 0 saturated heterocycles. The van der Waals surface area contributed by atoms with Crippen LogP contribution in [0.25, 0.3) is 0 Å². The van der Waals surface area contributed by atoms with Crippen molar-refractivity contribution in [2.24, 2.45) is 5.73 Å². The van der Waals surface area contributed by atoms with Gasteiger partial charge in [-0.3, -0.25) is 4.79 Å². The van der Waals surface area contributed by atoms with Crippen LogP contribution in [0.3, 0.4) is 0 Å². The summed E-state index contributed by atoms with van der Waals surface area (Å²) in [5.41, 5.74) is 5.90. The Morgan fingerprint density at radius 1 is 1.56 bits per heavy atom. The minimum atomic E-state index is -0.0953. The number of thiazole rings is 1. The number of nitrogens with zero attached hydrogens (tertiary/aromatic N) is 1. The lowest BCUT2D eigenvalue weighted by Crippen LogP contribution is -2.24. The second-order valence-electron chi connectivity index (χ2n) is 3.29. The zero-order valence-corrected chi connectivity index (χ0v) is 11.0. The maximum atomic E-state index is 11.5. The summed E-state index contributed by atoms with van der Waals surface area (Å²) in [5.74, 6) is -0.0953. The molecule has 0 aromatic carbocycles. The molecule has 1 aromatic heterocycles. The molecule has 4 nitrogen and oxygen atoms in total. The molecule has 1 amide bonds. The number of hydrogen-bond acceptors (Lipinski definition) is 4. The van der Waals surface area contributed by atoms with Crippen molar-refractivity contribution in [3.63, 3.8) is 0 Å². The lowest BCUT2D eigenvalue weighted by Gasteiger charge is -2.01. The number of nitrogens with two attached hydrogens (primary N) is 1. The van der Waals surface area contributed by atoms with Gasteiger partial charge in [-0.1, -0.05) is 19.8 Å². The first-order valence-corrected chi connectivity index (χ1v) is 6.08. The summed E-state index contributed by atoms with van der Waals surface area (Å²) >= 11 is 1.42. The number of aromatic nitrogens is 1. The molecule has 0 aliphatic heterocycles. The topological polar surface area (TPSA) is 68.0 Å². The van der Waals surface area contributed by atoms with Crippen molar-refractivity contribution in [2.45, 2.75) is 32.7 Å². The van der Waals surface area contributed by atoms with Crippen LogP contribution in [-0.4, -0.2) is 17.4 Å². The average Bonchev–Trinajstić information content (AvgIpc) is 2.72. The third-order valence-corrected chi connectivity index (χ3v) is 2.90. The van der Waals surface area contributed by atoms with E-state index in [9.17, 15) is 4.79 Å². The number of carbonyl (C=O) groups is 1. The number of halogens is 1. The van der Waals surface area contributed by atoms with Crippen LogP contribution in [0.5, 0.6) is 0 Å². The minimum absolute atomic E-state index is 0. The van der Waals surface area contributed by atoms with E-state index in [0.717, 1.165) is 30.8 Å². The van der Waals surface area contributed by atoms with E-state index in [1.807, 2.05) is 0 Å². The Bertz CT molecular complexity index is 317. The number of unbranched alkanes of at least 4 members (excludes halogenated alkanes) is 2. The second kappa shape index (κ2) is 8.50. The predicted octanol–water partition coefficient (Wildman–Crippen LogP) is 1.94. The van der Waals surface area contributed by atoms with Gasteiger partial charge in [0, 0.05) is 18.5 Å². The Morgan fingerprint density at radius 2 is 2.31 bits per heavy atom. The Labute approximate surface area is 106 Å². The van der Waals surface area contributed by atoms with Crippen molar-refractivity contribution in [2.75, 3.05) is 6.54 Å². The molecule has 16 heavy (non-hydrogen) atoms. The van der Waals surface area contributed by atoms with Crippen LogP contribution in [0, 0.1) is 0 Å². The van der Waals surface area contributed by atoms with Crippen molar-refractivity contribution in [3.05, 3.63) is 16.1 Å². The first-order valence-electron chi connectivity index (χ1n) is 5.20. The van der Waals surface area contributed by atoms with Crippen LogP contribution < -0.4 is 11.1 Å². The van der Waals surface area contributed by atoms with E-state index >= 15 is 0 Å². The van der Waals surface area contributed by atoms with Gasteiger partial charge in [-0.15, -0.1) is 23.7 Å². The van der Waals surface area contributed by atoms with Gasteiger partial charge in [-0.25, -0.2) is 4.98 Å². The van der Waals surface area contributed by atoms with Crippen LogP contribution in [-0.2, 0) is 6.54 Å². The molecule has 3 N–H and O–H groups in total. The molecule has 0 aliphatic carbocycles. The number of hydrogen-bond donors (Lipinski definition) is 2. The van der Waals surface area contributed by atoms with Gasteiger partial charge in [0.15, 0.2) is 0 Å². The van der Waals surface area contributed by atoms with Crippen LogP contribution in [0.15, 0.2) is 5.38 Å². The van der Waals surface area contributed by atoms with E-state index in [1.54, 1.807) is 5.38 Å². The lowest BCUT2D eigenvalue weighted by atomic mass is 10.2. The maximum absolute atomic E-state index is 11.5. The van der Waals surface area contributed by atoms with Crippen LogP contribution >= 0.6 is 23.7 Å². The van der Waals surface area contributed by atoms with Crippen LogP contribution in [0.1, 0.15) is 41.7 Å². The normalized spacial score (nSPS) is 9.62. The lowest BCUT2D eigenvalue weighted by molar-refractivity contribution is 0.0948. The number of rotatable bonds is 6. The summed E-state index contributed by atoms with van der Waals surface area (Å²) in [6.45, 7) is 3.26. The van der Waals surface area contributed by atoms with Crippen LogP contribution in [0.4, 0.5) is 0 Å². The standard InChI is InChI=1S/C10H17N3OS.ClH/c1-2-3-4-5-12-10(14)8-7-15-9(6-11)13-8;/h7H,2-6,11H2,1H3,(H,12,14);1H. The fraction of sp³-hybridized carbons (Fsp3) is 0.600. The van der Waals surface area contributed by atoms with Crippen molar-refractivity contribution < 1.29 is 4.79 Å². The average molecular weight is 264 g/mol. The van der Waals surface area contributed by atoms with E-state index in [4.69, 9.17) is 5.73 Å². The van der Waals surface area contributed by atoms with Gasteiger partial charge in [-0.2, -0.15) is 0 Å². The smallest absolute Gasteiger partial charge is 0.270 e. The van der Waals surface area contributed by atoms with Gasteiger partial charge in [0.2, 0.25) is 0 Å². The first-order chi connectivity index (χ1) is 7.27. The highest BCUT2D eigenvalue weighted by Gasteiger charge is 2.08.